The standard InChI is InChI=1S/C10H9BrN2O2/c11-8-3-6(1-2-9(14)15)10-7(4-8)5-12-13-10/h3-5H,1-2H2,(H,12,13)(H,14,15). The summed E-state index contributed by atoms with van der Waals surface area (Å²) in [4.78, 5) is 10.5. The zero-order valence-corrected chi connectivity index (χ0v) is 9.41. The van der Waals surface area contributed by atoms with E-state index in [2.05, 4.69) is 26.1 Å². The van der Waals surface area contributed by atoms with Gasteiger partial charge in [-0.15, -0.1) is 0 Å². The first-order chi connectivity index (χ1) is 7.16. The molecule has 0 aliphatic carbocycles. The molecule has 0 radical (unpaired) electrons. The molecule has 0 unspecified atom stereocenters. The topological polar surface area (TPSA) is 66.0 Å². The van der Waals surface area contributed by atoms with Gasteiger partial charge in [-0.3, -0.25) is 9.89 Å². The number of aromatic amines is 1. The zero-order chi connectivity index (χ0) is 10.8. The number of aromatic nitrogens is 2. The molecule has 1 aromatic heterocycles. The molecule has 1 aromatic carbocycles. The highest BCUT2D eigenvalue weighted by Gasteiger charge is 2.06. The van der Waals surface area contributed by atoms with E-state index in [9.17, 15) is 4.79 Å². The number of benzene rings is 1. The van der Waals surface area contributed by atoms with Crippen molar-refractivity contribution in [2.75, 3.05) is 0 Å². The van der Waals surface area contributed by atoms with E-state index in [1.165, 1.54) is 0 Å². The van der Waals surface area contributed by atoms with Crippen LogP contribution < -0.4 is 0 Å². The Bertz CT molecular complexity index is 507. The molecule has 0 amide bonds. The Kier molecular flexibility index (Phi) is 2.73. The number of aliphatic carboxylic acids is 1. The molecule has 5 heteroatoms. The van der Waals surface area contributed by atoms with E-state index >= 15 is 0 Å². The molecule has 78 valence electrons. The third-order valence-electron chi connectivity index (χ3n) is 2.20. The van der Waals surface area contributed by atoms with Crippen LogP contribution in [0, 0.1) is 0 Å². The van der Waals surface area contributed by atoms with Crippen LogP contribution in [-0.4, -0.2) is 21.3 Å². The lowest BCUT2D eigenvalue weighted by molar-refractivity contribution is -0.136. The predicted octanol–water partition coefficient (Wildman–Crippen LogP) is 2.34. The van der Waals surface area contributed by atoms with Crippen molar-refractivity contribution in [2.24, 2.45) is 0 Å². The van der Waals surface area contributed by atoms with Crippen molar-refractivity contribution >= 4 is 32.8 Å². The third-order valence-corrected chi connectivity index (χ3v) is 2.66. The molecule has 2 rings (SSSR count). The second kappa shape index (κ2) is 4.02. The fourth-order valence-electron chi connectivity index (χ4n) is 1.53. The molecular weight excluding hydrogens is 260 g/mol. The van der Waals surface area contributed by atoms with Gasteiger partial charge in [0.25, 0.3) is 0 Å². The van der Waals surface area contributed by atoms with Crippen LogP contribution in [0.15, 0.2) is 22.8 Å². The SMILES string of the molecule is O=C(O)CCc1cc(Br)cc2cn[nH]c12. The van der Waals surface area contributed by atoms with Crippen LogP contribution in [0.5, 0.6) is 0 Å². The Balaban J connectivity index is 2.39. The van der Waals surface area contributed by atoms with Crippen molar-refractivity contribution in [2.45, 2.75) is 12.8 Å². The number of nitrogens with one attached hydrogen (secondary N) is 1. The Hall–Kier alpha value is -1.36. The average Bonchev–Trinajstić information content (AvgIpc) is 2.61. The monoisotopic (exact) mass is 268 g/mol. The van der Waals surface area contributed by atoms with Gasteiger partial charge in [-0.2, -0.15) is 5.10 Å². The quantitative estimate of drug-likeness (QED) is 0.898. The number of halogens is 1. The Morgan fingerprint density at radius 3 is 3.07 bits per heavy atom. The molecule has 0 atom stereocenters. The first kappa shape index (κ1) is 10.2. The molecule has 0 saturated carbocycles. The molecule has 0 bridgehead atoms. The van der Waals surface area contributed by atoms with Crippen LogP contribution in [0.2, 0.25) is 0 Å². The Labute approximate surface area is 94.4 Å². The Morgan fingerprint density at radius 2 is 2.33 bits per heavy atom. The van der Waals surface area contributed by atoms with Gasteiger partial charge in [-0.1, -0.05) is 15.9 Å². The largest absolute Gasteiger partial charge is 0.481 e. The summed E-state index contributed by atoms with van der Waals surface area (Å²) in [6.07, 6.45) is 2.36. The lowest BCUT2D eigenvalue weighted by Crippen LogP contribution is -1.98. The van der Waals surface area contributed by atoms with Crippen LogP contribution >= 0.6 is 15.9 Å². The fourth-order valence-corrected chi connectivity index (χ4v) is 2.05. The number of carbonyl (C=O) groups is 1. The molecule has 0 aliphatic rings. The van der Waals surface area contributed by atoms with E-state index in [0.29, 0.717) is 6.42 Å². The van der Waals surface area contributed by atoms with E-state index in [0.717, 1.165) is 20.9 Å². The van der Waals surface area contributed by atoms with Crippen LogP contribution in [0.1, 0.15) is 12.0 Å². The summed E-state index contributed by atoms with van der Waals surface area (Å²) in [7, 11) is 0. The van der Waals surface area contributed by atoms with Gasteiger partial charge in [-0.25, -0.2) is 0 Å². The lowest BCUT2D eigenvalue weighted by Gasteiger charge is -2.01. The molecule has 0 fully saturated rings. The number of fused-ring (bicyclic) bond motifs is 1. The molecular formula is C10H9BrN2O2. The minimum Gasteiger partial charge on any atom is -0.481 e. The molecule has 1 heterocycles. The van der Waals surface area contributed by atoms with Crippen molar-refractivity contribution in [3.63, 3.8) is 0 Å². The zero-order valence-electron chi connectivity index (χ0n) is 7.83. The van der Waals surface area contributed by atoms with Crippen LogP contribution in [0.3, 0.4) is 0 Å². The van der Waals surface area contributed by atoms with Crippen LogP contribution in [0.25, 0.3) is 10.9 Å². The van der Waals surface area contributed by atoms with Gasteiger partial charge in [-0.05, 0) is 24.1 Å². The highest BCUT2D eigenvalue weighted by molar-refractivity contribution is 9.10. The van der Waals surface area contributed by atoms with E-state index in [1.54, 1.807) is 6.20 Å². The lowest BCUT2D eigenvalue weighted by atomic mass is 10.1. The van der Waals surface area contributed by atoms with Crippen molar-refractivity contribution < 1.29 is 9.90 Å². The maximum absolute atomic E-state index is 10.5. The van der Waals surface area contributed by atoms with Gasteiger partial charge in [0.2, 0.25) is 0 Å². The number of H-pyrrole nitrogens is 1. The smallest absolute Gasteiger partial charge is 0.303 e. The molecule has 2 N–H and O–H groups in total. The Morgan fingerprint density at radius 1 is 1.53 bits per heavy atom. The second-order valence-corrected chi connectivity index (χ2v) is 4.21. The minimum atomic E-state index is -0.789. The molecule has 15 heavy (non-hydrogen) atoms. The fraction of sp³-hybridized carbons (Fsp3) is 0.200. The number of nitrogens with zero attached hydrogens (tertiary/aromatic N) is 1. The van der Waals surface area contributed by atoms with Crippen molar-refractivity contribution in [3.05, 3.63) is 28.4 Å². The molecule has 4 nitrogen and oxygen atoms in total. The van der Waals surface area contributed by atoms with Crippen molar-refractivity contribution in [1.29, 1.82) is 0 Å². The number of rotatable bonds is 3. The van der Waals surface area contributed by atoms with Gasteiger partial charge in [0.05, 0.1) is 11.7 Å². The van der Waals surface area contributed by atoms with E-state index in [1.807, 2.05) is 12.1 Å². The van der Waals surface area contributed by atoms with Crippen molar-refractivity contribution in [3.8, 4) is 0 Å². The highest BCUT2D eigenvalue weighted by atomic mass is 79.9. The molecule has 0 spiro atoms. The number of aryl methyl sites for hydroxylation is 1. The van der Waals surface area contributed by atoms with Gasteiger partial charge in [0.1, 0.15) is 0 Å². The molecule has 0 saturated heterocycles. The first-order valence-electron chi connectivity index (χ1n) is 4.50. The maximum Gasteiger partial charge on any atom is 0.303 e. The van der Waals surface area contributed by atoms with E-state index in [4.69, 9.17) is 5.11 Å². The summed E-state index contributed by atoms with van der Waals surface area (Å²) < 4.78 is 0.941. The summed E-state index contributed by atoms with van der Waals surface area (Å²) in [5, 5.41) is 16.4. The van der Waals surface area contributed by atoms with Gasteiger partial charge < -0.3 is 5.11 Å². The number of hydrogen-bond acceptors (Lipinski definition) is 2. The van der Waals surface area contributed by atoms with Gasteiger partial charge in [0, 0.05) is 16.3 Å². The van der Waals surface area contributed by atoms with Crippen LogP contribution in [0.4, 0.5) is 0 Å². The van der Waals surface area contributed by atoms with E-state index in [-0.39, 0.29) is 6.42 Å². The van der Waals surface area contributed by atoms with E-state index < -0.39 is 5.97 Å². The summed E-state index contributed by atoms with van der Waals surface area (Å²) in [5.74, 6) is -0.789. The number of carboxylic acids is 1. The average molecular weight is 269 g/mol. The van der Waals surface area contributed by atoms with Gasteiger partial charge >= 0.3 is 5.97 Å². The van der Waals surface area contributed by atoms with Crippen molar-refractivity contribution in [1.82, 2.24) is 10.2 Å². The van der Waals surface area contributed by atoms with Gasteiger partial charge in [0.15, 0.2) is 0 Å². The summed E-state index contributed by atoms with van der Waals surface area (Å²) in [6, 6.07) is 3.87. The second-order valence-electron chi connectivity index (χ2n) is 3.29. The highest BCUT2D eigenvalue weighted by Crippen LogP contribution is 2.23. The summed E-state index contributed by atoms with van der Waals surface area (Å²) in [6.45, 7) is 0. The predicted molar refractivity (Wildman–Crippen MR) is 59.8 cm³/mol. The summed E-state index contributed by atoms with van der Waals surface area (Å²) >= 11 is 3.39. The number of hydrogen-bond donors (Lipinski definition) is 2. The van der Waals surface area contributed by atoms with Crippen LogP contribution in [-0.2, 0) is 11.2 Å². The third kappa shape index (κ3) is 2.18. The first-order valence-corrected chi connectivity index (χ1v) is 5.29. The minimum absolute atomic E-state index is 0.130. The molecule has 0 aliphatic heterocycles. The number of carboxylic acid groups (broad SMARTS) is 1. The maximum atomic E-state index is 10.5. The summed E-state index contributed by atoms with van der Waals surface area (Å²) in [5.41, 5.74) is 1.89. The normalized spacial score (nSPS) is 10.7. The molecule has 2 aromatic rings.